The maximum Gasteiger partial charge on any atom is 0.144 e. The molecule has 0 N–H and O–H groups in total. The fourth-order valence-corrected chi connectivity index (χ4v) is 1.86. The molecule has 2 heteroatoms. The molecule has 2 nitrogen and oxygen atoms in total. The Kier molecular flexibility index (Phi) is 1.33. The molecule has 66 valence electrons. The Hall–Kier alpha value is -0.630. The molecule has 2 aliphatic heterocycles. The number of carbonyl (C=O) groups excluding carboxylic acids is 1. The van der Waals surface area contributed by atoms with Crippen LogP contribution in [0.25, 0.3) is 0 Å². The molecule has 2 unspecified atom stereocenters. The lowest BCUT2D eigenvalue weighted by atomic mass is 9.71. The lowest BCUT2D eigenvalue weighted by Crippen LogP contribution is -2.51. The lowest BCUT2D eigenvalue weighted by Gasteiger charge is -2.43. The van der Waals surface area contributed by atoms with E-state index in [2.05, 4.69) is 0 Å². The molecule has 0 saturated carbocycles. The maximum atomic E-state index is 11.7. The SMILES string of the molecule is CC12C=CC(CC(=O)C1(C)C)O2. The van der Waals surface area contributed by atoms with Crippen LogP contribution in [-0.2, 0) is 9.53 Å². The van der Waals surface area contributed by atoms with Gasteiger partial charge in [0.05, 0.1) is 17.1 Å². The highest BCUT2D eigenvalue weighted by Crippen LogP contribution is 2.46. The highest BCUT2D eigenvalue weighted by molar-refractivity contribution is 5.87. The molecule has 0 aromatic rings. The first-order valence-electron chi connectivity index (χ1n) is 4.36. The summed E-state index contributed by atoms with van der Waals surface area (Å²) in [4.78, 5) is 11.7. The number of rotatable bonds is 0. The molecule has 2 aliphatic rings. The highest BCUT2D eigenvalue weighted by Gasteiger charge is 2.53. The van der Waals surface area contributed by atoms with Crippen molar-refractivity contribution in [2.45, 2.75) is 38.9 Å². The van der Waals surface area contributed by atoms with Crippen molar-refractivity contribution in [2.75, 3.05) is 0 Å². The van der Waals surface area contributed by atoms with Crippen molar-refractivity contribution >= 4 is 5.78 Å². The zero-order valence-corrected chi connectivity index (χ0v) is 7.76. The summed E-state index contributed by atoms with van der Waals surface area (Å²) in [6.45, 7) is 5.91. The smallest absolute Gasteiger partial charge is 0.144 e. The van der Waals surface area contributed by atoms with Gasteiger partial charge in [0.25, 0.3) is 0 Å². The van der Waals surface area contributed by atoms with Gasteiger partial charge in [-0.1, -0.05) is 12.2 Å². The summed E-state index contributed by atoms with van der Waals surface area (Å²) in [6.07, 6.45) is 4.62. The number of ketones is 1. The fraction of sp³-hybridized carbons (Fsp3) is 0.700. The molecule has 2 rings (SSSR count). The van der Waals surface area contributed by atoms with E-state index in [1.807, 2.05) is 32.9 Å². The number of hydrogen-bond donors (Lipinski definition) is 0. The Balaban J connectivity index is 2.45. The number of carbonyl (C=O) groups is 1. The molecule has 0 spiro atoms. The standard InChI is InChI=1S/C10H14O2/c1-9(2)8(11)6-7-4-5-10(9,3)12-7/h4-5,7H,6H2,1-3H3. The number of Topliss-reactive ketones (excluding diaryl/α,β-unsaturated/α-hetero) is 1. The second-order valence-electron chi connectivity index (χ2n) is 4.37. The Bertz CT molecular complexity index is 262. The van der Waals surface area contributed by atoms with Crippen molar-refractivity contribution in [2.24, 2.45) is 5.41 Å². The van der Waals surface area contributed by atoms with Crippen molar-refractivity contribution < 1.29 is 9.53 Å². The first kappa shape index (κ1) is 7.99. The maximum absolute atomic E-state index is 11.7. The van der Waals surface area contributed by atoms with E-state index in [4.69, 9.17) is 4.74 Å². The predicted molar refractivity (Wildman–Crippen MR) is 45.8 cm³/mol. The molecule has 2 atom stereocenters. The molecule has 0 aliphatic carbocycles. The Morgan fingerprint density at radius 2 is 2.17 bits per heavy atom. The van der Waals surface area contributed by atoms with Gasteiger partial charge in [0.2, 0.25) is 0 Å². The van der Waals surface area contributed by atoms with Crippen molar-refractivity contribution in [3.05, 3.63) is 12.2 Å². The average molecular weight is 166 g/mol. The van der Waals surface area contributed by atoms with Crippen LogP contribution in [0.4, 0.5) is 0 Å². The van der Waals surface area contributed by atoms with Gasteiger partial charge in [-0.3, -0.25) is 4.79 Å². The molecule has 12 heavy (non-hydrogen) atoms. The third-order valence-corrected chi connectivity index (χ3v) is 3.35. The van der Waals surface area contributed by atoms with Gasteiger partial charge in [-0.05, 0) is 20.8 Å². The van der Waals surface area contributed by atoms with Crippen molar-refractivity contribution in [1.29, 1.82) is 0 Å². The van der Waals surface area contributed by atoms with Gasteiger partial charge in [-0.2, -0.15) is 0 Å². The van der Waals surface area contributed by atoms with Crippen LogP contribution in [0, 0.1) is 5.41 Å². The summed E-state index contributed by atoms with van der Waals surface area (Å²) in [5, 5.41) is 0. The largest absolute Gasteiger partial charge is 0.362 e. The van der Waals surface area contributed by atoms with Crippen LogP contribution in [-0.4, -0.2) is 17.5 Å². The summed E-state index contributed by atoms with van der Waals surface area (Å²) in [5.74, 6) is 0.311. The molecular weight excluding hydrogens is 152 g/mol. The fourth-order valence-electron chi connectivity index (χ4n) is 1.86. The van der Waals surface area contributed by atoms with Crippen LogP contribution in [0.15, 0.2) is 12.2 Å². The topological polar surface area (TPSA) is 26.3 Å². The predicted octanol–water partition coefficient (Wildman–Crippen LogP) is 1.70. The van der Waals surface area contributed by atoms with Gasteiger partial charge < -0.3 is 4.74 Å². The van der Waals surface area contributed by atoms with E-state index in [1.165, 1.54) is 0 Å². The van der Waals surface area contributed by atoms with Crippen LogP contribution < -0.4 is 0 Å². The van der Waals surface area contributed by atoms with Crippen molar-refractivity contribution in [1.82, 2.24) is 0 Å². The van der Waals surface area contributed by atoms with Gasteiger partial charge >= 0.3 is 0 Å². The number of ether oxygens (including phenoxy) is 1. The summed E-state index contributed by atoms with van der Waals surface area (Å²) in [5.41, 5.74) is -0.733. The second kappa shape index (κ2) is 1.99. The molecule has 0 aromatic heterocycles. The van der Waals surface area contributed by atoms with Crippen LogP contribution >= 0.6 is 0 Å². The third kappa shape index (κ3) is 0.761. The van der Waals surface area contributed by atoms with E-state index in [-0.39, 0.29) is 17.1 Å². The summed E-state index contributed by atoms with van der Waals surface area (Å²) < 4.78 is 5.74. The van der Waals surface area contributed by atoms with Crippen LogP contribution in [0.2, 0.25) is 0 Å². The molecule has 1 fully saturated rings. The van der Waals surface area contributed by atoms with Crippen molar-refractivity contribution in [3.8, 4) is 0 Å². The number of fused-ring (bicyclic) bond motifs is 2. The minimum absolute atomic E-state index is 0.0375. The third-order valence-electron chi connectivity index (χ3n) is 3.35. The van der Waals surface area contributed by atoms with Crippen LogP contribution in [0.1, 0.15) is 27.2 Å². The Morgan fingerprint density at radius 1 is 1.50 bits per heavy atom. The molecule has 0 amide bonds. The van der Waals surface area contributed by atoms with E-state index in [1.54, 1.807) is 0 Å². The average Bonchev–Trinajstić information content (AvgIpc) is 2.29. The Labute approximate surface area is 72.6 Å². The minimum Gasteiger partial charge on any atom is -0.362 e. The van der Waals surface area contributed by atoms with Gasteiger partial charge in [0.15, 0.2) is 0 Å². The van der Waals surface area contributed by atoms with Gasteiger partial charge in [0.1, 0.15) is 5.78 Å². The van der Waals surface area contributed by atoms with Gasteiger partial charge in [0, 0.05) is 6.42 Å². The molecule has 2 bridgehead atoms. The first-order valence-corrected chi connectivity index (χ1v) is 4.36. The summed E-state index contributed by atoms with van der Waals surface area (Å²) >= 11 is 0. The molecular formula is C10H14O2. The second-order valence-corrected chi connectivity index (χ2v) is 4.37. The van der Waals surface area contributed by atoms with Crippen LogP contribution in [0.3, 0.4) is 0 Å². The summed E-state index contributed by atoms with van der Waals surface area (Å²) in [7, 11) is 0. The minimum atomic E-state index is -0.368. The summed E-state index contributed by atoms with van der Waals surface area (Å²) in [6, 6.07) is 0. The molecule has 0 aromatic carbocycles. The van der Waals surface area contributed by atoms with E-state index in [9.17, 15) is 4.79 Å². The Morgan fingerprint density at radius 3 is 2.83 bits per heavy atom. The van der Waals surface area contributed by atoms with Gasteiger partial charge in [-0.25, -0.2) is 0 Å². The molecule has 1 saturated heterocycles. The normalized spacial score (nSPS) is 43.6. The highest BCUT2D eigenvalue weighted by atomic mass is 16.5. The first-order chi connectivity index (χ1) is 5.46. The van der Waals surface area contributed by atoms with Crippen LogP contribution in [0.5, 0.6) is 0 Å². The van der Waals surface area contributed by atoms with E-state index in [0.717, 1.165) is 0 Å². The molecule has 2 heterocycles. The lowest BCUT2D eigenvalue weighted by molar-refractivity contribution is -0.162. The molecule has 0 radical (unpaired) electrons. The van der Waals surface area contributed by atoms with E-state index >= 15 is 0 Å². The monoisotopic (exact) mass is 166 g/mol. The zero-order valence-electron chi connectivity index (χ0n) is 7.76. The van der Waals surface area contributed by atoms with E-state index in [0.29, 0.717) is 12.2 Å². The van der Waals surface area contributed by atoms with E-state index < -0.39 is 0 Å². The number of hydrogen-bond acceptors (Lipinski definition) is 2. The van der Waals surface area contributed by atoms with Crippen molar-refractivity contribution in [3.63, 3.8) is 0 Å². The van der Waals surface area contributed by atoms with Gasteiger partial charge in [-0.15, -0.1) is 0 Å². The quantitative estimate of drug-likeness (QED) is 0.512. The zero-order chi connectivity index (χ0) is 8.98.